The summed E-state index contributed by atoms with van der Waals surface area (Å²) in [6, 6.07) is 1.70. The van der Waals surface area contributed by atoms with E-state index in [0.717, 1.165) is 32.1 Å². The maximum atomic E-state index is 11.7. The van der Waals surface area contributed by atoms with Crippen LogP contribution in [0.4, 0.5) is 0 Å². The molecule has 2 rings (SSSR count). The zero-order valence-electron chi connectivity index (χ0n) is 17.8. The number of rotatable bonds is 7. The van der Waals surface area contributed by atoms with Crippen LogP contribution in [0.1, 0.15) is 61.9 Å². The molecule has 8 heteroatoms. The van der Waals surface area contributed by atoms with Crippen LogP contribution in [-0.2, 0) is 11.3 Å². The van der Waals surface area contributed by atoms with Gasteiger partial charge in [-0.1, -0.05) is 6.42 Å². The number of carbonyl (C=O) groups is 1. The molecule has 7 nitrogen and oxygen atoms in total. The summed E-state index contributed by atoms with van der Waals surface area (Å²) in [7, 11) is 1.36. The number of guanidine groups is 1. The van der Waals surface area contributed by atoms with E-state index in [1.165, 1.54) is 26.4 Å². The van der Waals surface area contributed by atoms with Crippen molar-refractivity contribution in [3.8, 4) is 0 Å². The van der Waals surface area contributed by atoms with Gasteiger partial charge in [0.1, 0.15) is 23.6 Å². The molecule has 1 aromatic heterocycles. The van der Waals surface area contributed by atoms with Crippen molar-refractivity contribution >= 4 is 35.9 Å². The molecule has 0 spiro atoms. The molecule has 0 bridgehead atoms. The van der Waals surface area contributed by atoms with Crippen LogP contribution in [0.25, 0.3) is 0 Å². The molecule has 2 heterocycles. The number of halogens is 1. The number of hydrogen-bond donors (Lipinski definition) is 2. The van der Waals surface area contributed by atoms with Crippen molar-refractivity contribution in [2.75, 3.05) is 33.3 Å². The van der Waals surface area contributed by atoms with E-state index in [1.807, 2.05) is 6.92 Å². The Balaban J connectivity index is 0.00000392. The highest BCUT2D eigenvalue weighted by Gasteiger charge is 2.27. The Hall–Kier alpha value is -1.29. The number of esters is 1. The third-order valence-electron chi connectivity index (χ3n) is 5.01. The number of methoxy groups -OCH3 is 1. The Morgan fingerprint density at radius 1 is 1.29 bits per heavy atom. The van der Waals surface area contributed by atoms with Gasteiger partial charge in [0.05, 0.1) is 7.11 Å². The molecular weight excluding hydrogens is 471 g/mol. The maximum Gasteiger partial charge on any atom is 0.341 e. The summed E-state index contributed by atoms with van der Waals surface area (Å²) in [6.45, 7) is 12.6. The number of furan rings is 1. The molecule has 1 aromatic rings. The van der Waals surface area contributed by atoms with Gasteiger partial charge in [0.15, 0.2) is 5.96 Å². The van der Waals surface area contributed by atoms with E-state index >= 15 is 0 Å². The highest BCUT2D eigenvalue weighted by atomic mass is 127. The van der Waals surface area contributed by atoms with E-state index in [0.29, 0.717) is 23.6 Å². The summed E-state index contributed by atoms with van der Waals surface area (Å²) < 4.78 is 10.4. The number of aryl methyl sites for hydroxylation is 1. The number of hydrogen-bond acceptors (Lipinski definition) is 5. The molecule has 0 atom stereocenters. The number of piperidine rings is 1. The Kier molecular flexibility index (Phi) is 10.3. The summed E-state index contributed by atoms with van der Waals surface area (Å²) in [4.78, 5) is 18.9. The number of nitrogens with zero attached hydrogens (tertiary/aromatic N) is 2. The molecule has 1 fully saturated rings. The monoisotopic (exact) mass is 506 g/mol. The Labute approximate surface area is 185 Å². The summed E-state index contributed by atoms with van der Waals surface area (Å²) in [6.07, 6.45) is 3.89. The second-order valence-electron chi connectivity index (χ2n) is 7.58. The molecule has 1 aliphatic heterocycles. The van der Waals surface area contributed by atoms with Gasteiger partial charge in [-0.25, -0.2) is 9.79 Å². The van der Waals surface area contributed by atoms with Crippen molar-refractivity contribution in [1.29, 1.82) is 0 Å². The van der Waals surface area contributed by atoms with Crippen molar-refractivity contribution in [1.82, 2.24) is 15.5 Å². The third kappa shape index (κ3) is 6.95. The Morgan fingerprint density at radius 3 is 2.57 bits per heavy atom. The molecule has 0 saturated carbocycles. The van der Waals surface area contributed by atoms with E-state index in [1.54, 1.807) is 13.0 Å². The normalized spacial score (nSPS) is 15.7. The van der Waals surface area contributed by atoms with Crippen LogP contribution in [0.15, 0.2) is 15.5 Å². The van der Waals surface area contributed by atoms with Gasteiger partial charge in [-0.15, -0.1) is 24.0 Å². The van der Waals surface area contributed by atoms with Crippen LogP contribution in [0.3, 0.4) is 0 Å². The first-order chi connectivity index (χ1) is 12.9. The van der Waals surface area contributed by atoms with E-state index < -0.39 is 0 Å². The van der Waals surface area contributed by atoms with Gasteiger partial charge in [-0.3, -0.25) is 4.90 Å². The van der Waals surface area contributed by atoms with Crippen molar-refractivity contribution in [2.45, 2.75) is 59.0 Å². The van der Waals surface area contributed by atoms with Gasteiger partial charge in [0, 0.05) is 18.6 Å². The SMILES string of the molecule is CCNC(=NCc1cc(C(=O)OC)c(C)o1)NCC(C)(C)N1CCCCC1.I. The number of ether oxygens (including phenoxy) is 1. The van der Waals surface area contributed by atoms with Crippen LogP contribution in [0.2, 0.25) is 0 Å². The van der Waals surface area contributed by atoms with Crippen molar-refractivity contribution < 1.29 is 13.9 Å². The van der Waals surface area contributed by atoms with Crippen molar-refractivity contribution in [3.05, 3.63) is 23.2 Å². The van der Waals surface area contributed by atoms with Crippen LogP contribution in [0, 0.1) is 6.92 Å². The van der Waals surface area contributed by atoms with E-state index in [-0.39, 0.29) is 35.5 Å². The summed E-state index contributed by atoms with van der Waals surface area (Å²) in [5.41, 5.74) is 0.516. The van der Waals surface area contributed by atoms with Gasteiger partial charge in [0.25, 0.3) is 0 Å². The third-order valence-corrected chi connectivity index (χ3v) is 5.01. The summed E-state index contributed by atoms with van der Waals surface area (Å²) in [5, 5.41) is 6.72. The molecule has 1 aliphatic rings. The average Bonchev–Trinajstić information content (AvgIpc) is 3.04. The van der Waals surface area contributed by atoms with E-state index in [4.69, 9.17) is 9.15 Å². The first-order valence-electron chi connectivity index (χ1n) is 9.82. The van der Waals surface area contributed by atoms with Crippen molar-refractivity contribution in [2.24, 2.45) is 4.99 Å². The fourth-order valence-electron chi connectivity index (χ4n) is 3.34. The van der Waals surface area contributed by atoms with Crippen molar-refractivity contribution in [3.63, 3.8) is 0 Å². The fourth-order valence-corrected chi connectivity index (χ4v) is 3.34. The second kappa shape index (κ2) is 11.6. The van der Waals surface area contributed by atoms with E-state index in [2.05, 4.69) is 34.4 Å². The largest absolute Gasteiger partial charge is 0.465 e. The van der Waals surface area contributed by atoms with Gasteiger partial charge < -0.3 is 19.8 Å². The van der Waals surface area contributed by atoms with Crippen LogP contribution < -0.4 is 10.6 Å². The number of carbonyl (C=O) groups excluding carboxylic acids is 1. The molecule has 0 aliphatic carbocycles. The molecule has 2 N–H and O–H groups in total. The van der Waals surface area contributed by atoms with E-state index in [9.17, 15) is 4.79 Å². The first kappa shape index (κ1) is 24.7. The van der Waals surface area contributed by atoms with Crippen LogP contribution >= 0.6 is 24.0 Å². The summed E-state index contributed by atoms with van der Waals surface area (Å²) in [5.74, 6) is 1.55. The maximum absolute atomic E-state index is 11.7. The molecule has 160 valence electrons. The van der Waals surface area contributed by atoms with Crippen LogP contribution in [0.5, 0.6) is 0 Å². The molecule has 0 radical (unpaired) electrons. The Morgan fingerprint density at radius 2 is 1.96 bits per heavy atom. The van der Waals surface area contributed by atoms with Gasteiger partial charge in [-0.2, -0.15) is 0 Å². The smallest absolute Gasteiger partial charge is 0.341 e. The van der Waals surface area contributed by atoms with Crippen LogP contribution in [-0.4, -0.2) is 55.7 Å². The molecule has 1 saturated heterocycles. The van der Waals surface area contributed by atoms with Gasteiger partial charge in [-0.05, 0) is 59.7 Å². The first-order valence-corrected chi connectivity index (χ1v) is 9.82. The number of aliphatic imine (C=N–C) groups is 1. The molecule has 0 aromatic carbocycles. The minimum Gasteiger partial charge on any atom is -0.465 e. The number of nitrogens with one attached hydrogen (secondary N) is 2. The van der Waals surface area contributed by atoms with Gasteiger partial charge in [0.2, 0.25) is 0 Å². The highest BCUT2D eigenvalue weighted by molar-refractivity contribution is 14.0. The second-order valence-corrected chi connectivity index (χ2v) is 7.58. The standard InChI is InChI=1S/C20H34N4O3.HI/c1-6-21-19(23-14-20(3,4)24-10-8-7-9-11-24)22-13-16-12-17(15(2)27-16)18(25)26-5;/h12H,6-11,13-14H2,1-5H3,(H2,21,22,23);1H. The lowest BCUT2D eigenvalue weighted by molar-refractivity contribution is 0.0599. The quantitative estimate of drug-likeness (QED) is 0.256. The highest BCUT2D eigenvalue weighted by Crippen LogP contribution is 2.20. The van der Waals surface area contributed by atoms with Gasteiger partial charge >= 0.3 is 5.97 Å². The fraction of sp³-hybridized carbons (Fsp3) is 0.700. The lowest BCUT2D eigenvalue weighted by atomic mass is 9.98. The zero-order chi connectivity index (χ0) is 19.9. The number of likely N-dealkylation sites (tertiary alicyclic amines) is 1. The zero-order valence-corrected chi connectivity index (χ0v) is 20.1. The molecule has 0 amide bonds. The molecule has 28 heavy (non-hydrogen) atoms. The lowest BCUT2D eigenvalue weighted by Crippen LogP contribution is -2.54. The summed E-state index contributed by atoms with van der Waals surface area (Å²) >= 11 is 0. The minimum atomic E-state index is -0.389. The predicted octanol–water partition coefficient (Wildman–Crippen LogP) is 3.31. The molecule has 0 unspecified atom stereocenters. The lowest BCUT2D eigenvalue weighted by Gasteiger charge is -2.41. The Bertz CT molecular complexity index is 652. The average molecular weight is 506 g/mol. The predicted molar refractivity (Wildman–Crippen MR) is 123 cm³/mol. The molecular formula is C20H35IN4O3. The topological polar surface area (TPSA) is 79.1 Å². The minimum absolute atomic E-state index is 0.